The molecule has 1 fully saturated rings. The van der Waals surface area contributed by atoms with Crippen LogP contribution < -0.4 is 5.32 Å². The zero-order chi connectivity index (χ0) is 10.8. The van der Waals surface area contributed by atoms with Crippen molar-refractivity contribution in [3.63, 3.8) is 0 Å². The third-order valence-corrected chi connectivity index (χ3v) is 3.51. The van der Waals surface area contributed by atoms with Crippen LogP contribution in [0.4, 0.5) is 0 Å². The highest BCUT2D eigenvalue weighted by atomic mass is 14.9. The van der Waals surface area contributed by atoms with Crippen LogP contribution in [-0.4, -0.2) is 12.6 Å². The first-order chi connectivity index (χ1) is 7.43. The topological polar surface area (TPSA) is 12.0 Å². The van der Waals surface area contributed by atoms with Gasteiger partial charge in [-0.2, -0.15) is 0 Å². The molecule has 0 aliphatic heterocycles. The SMILES string of the molecule is [CH]CNC1CCCCCCCCCCC1. The van der Waals surface area contributed by atoms with Crippen molar-refractivity contribution in [1.29, 1.82) is 0 Å². The first kappa shape index (κ1) is 13.0. The Bertz CT molecular complexity index is 121. The molecule has 0 aromatic heterocycles. The summed E-state index contributed by atoms with van der Waals surface area (Å²) in [6.45, 7) is 6.21. The molecule has 0 amide bonds. The molecule has 0 atom stereocenters. The molecule has 0 aromatic rings. The molecule has 1 heteroatoms. The van der Waals surface area contributed by atoms with Crippen molar-refractivity contribution in [1.82, 2.24) is 5.32 Å². The lowest BCUT2D eigenvalue weighted by atomic mass is 9.98. The van der Waals surface area contributed by atoms with Gasteiger partial charge in [0.25, 0.3) is 0 Å². The molecule has 88 valence electrons. The van der Waals surface area contributed by atoms with E-state index >= 15 is 0 Å². The molecule has 15 heavy (non-hydrogen) atoms. The minimum Gasteiger partial charge on any atom is -0.314 e. The summed E-state index contributed by atoms with van der Waals surface area (Å²) >= 11 is 0. The van der Waals surface area contributed by atoms with Crippen LogP contribution in [0.25, 0.3) is 0 Å². The van der Waals surface area contributed by atoms with Gasteiger partial charge in [0.15, 0.2) is 0 Å². The second kappa shape index (κ2) is 9.21. The van der Waals surface area contributed by atoms with E-state index in [2.05, 4.69) is 5.32 Å². The molecule has 0 spiro atoms. The van der Waals surface area contributed by atoms with Gasteiger partial charge in [0.05, 0.1) is 0 Å². The average Bonchev–Trinajstić information content (AvgIpc) is 2.22. The van der Waals surface area contributed by atoms with Crippen molar-refractivity contribution in [3.8, 4) is 0 Å². The first-order valence-electron chi connectivity index (χ1n) is 6.87. The lowest BCUT2D eigenvalue weighted by molar-refractivity contribution is 0.415. The van der Waals surface area contributed by atoms with Gasteiger partial charge in [-0.05, 0) is 26.3 Å². The van der Waals surface area contributed by atoms with E-state index in [0.717, 1.165) is 0 Å². The smallest absolute Gasteiger partial charge is 0.00671 e. The van der Waals surface area contributed by atoms with Crippen LogP contribution >= 0.6 is 0 Å². The van der Waals surface area contributed by atoms with E-state index in [9.17, 15) is 0 Å². The zero-order valence-electron chi connectivity index (χ0n) is 10.1. The van der Waals surface area contributed by atoms with E-state index < -0.39 is 0 Å². The fraction of sp³-hybridized carbons (Fsp3) is 0.929. The highest BCUT2D eigenvalue weighted by molar-refractivity contribution is 4.68. The van der Waals surface area contributed by atoms with Gasteiger partial charge in [-0.1, -0.05) is 57.8 Å². The molecule has 0 saturated heterocycles. The minimum absolute atomic E-state index is 0.644. The summed E-state index contributed by atoms with van der Waals surface area (Å²) in [7, 11) is 0. The van der Waals surface area contributed by atoms with E-state index in [1.165, 1.54) is 70.6 Å². The molecule has 2 radical (unpaired) electrons. The Labute approximate surface area is 96.0 Å². The minimum atomic E-state index is 0.644. The van der Waals surface area contributed by atoms with Crippen molar-refractivity contribution < 1.29 is 0 Å². The van der Waals surface area contributed by atoms with Crippen LogP contribution in [0.1, 0.15) is 70.6 Å². The predicted octanol–water partition coefficient (Wildman–Crippen LogP) is 3.96. The van der Waals surface area contributed by atoms with Crippen LogP contribution in [0, 0.1) is 6.92 Å². The van der Waals surface area contributed by atoms with Crippen molar-refractivity contribution in [3.05, 3.63) is 6.92 Å². The molecular weight excluding hydrogens is 182 g/mol. The Morgan fingerprint density at radius 1 is 0.733 bits per heavy atom. The van der Waals surface area contributed by atoms with E-state index in [1.807, 2.05) is 0 Å². The third-order valence-electron chi connectivity index (χ3n) is 3.51. The molecule has 1 N–H and O–H groups in total. The average molecular weight is 209 g/mol. The van der Waals surface area contributed by atoms with Crippen LogP contribution in [0.15, 0.2) is 0 Å². The predicted molar refractivity (Wildman–Crippen MR) is 66.9 cm³/mol. The summed E-state index contributed by atoms with van der Waals surface area (Å²) in [5.74, 6) is 0. The Morgan fingerprint density at radius 2 is 1.13 bits per heavy atom. The number of hydrogen-bond acceptors (Lipinski definition) is 1. The van der Waals surface area contributed by atoms with E-state index in [-0.39, 0.29) is 0 Å². The van der Waals surface area contributed by atoms with Crippen molar-refractivity contribution in [2.45, 2.75) is 76.7 Å². The summed E-state index contributed by atoms with van der Waals surface area (Å²) in [5.41, 5.74) is 0. The lowest BCUT2D eigenvalue weighted by Gasteiger charge is -2.18. The van der Waals surface area contributed by atoms with Gasteiger partial charge in [0, 0.05) is 6.04 Å². The Morgan fingerprint density at radius 3 is 1.53 bits per heavy atom. The van der Waals surface area contributed by atoms with E-state index in [1.54, 1.807) is 0 Å². The molecule has 1 rings (SSSR count). The van der Waals surface area contributed by atoms with Crippen LogP contribution in [0.3, 0.4) is 0 Å². The van der Waals surface area contributed by atoms with Gasteiger partial charge in [0.1, 0.15) is 0 Å². The molecule has 0 aromatic carbocycles. The van der Waals surface area contributed by atoms with E-state index in [0.29, 0.717) is 12.6 Å². The Hall–Kier alpha value is -0.0400. The number of hydrogen-bond donors (Lipinski definition) is 1. The lowest BCUT2D eigenvalue weighted by Crippen LogP contribution is -2.28. The van der Waals surface area contributed by atoms with Crippen LogP contribution in [0.2, 0.25) is 0 Å². The van der Waals surface area contributed by atoms with Crippen LogP contribution in [0.5, 0.6) is 0 Å². The van der Waals surface area contributed by atoms with Crippen molar-refractivity contribution >= 4 is 0 Å². The Kier molecular flexibility index (Phi) is 7.99. The maximum absolute atomic E-state index is 5.56. The number of nitrogens with one attached hydrogen (secondary N) is 1. The van der Waals surface area contributed by atoms with Gasteiger partial charge in [-0.3, -0.25) is 0 Å². The largest absolute Gasteiger partial charge is 0.314 e. The normalized spacial score (nSPS) is 23.0. The molecule has 1 aliphatic carbocycles. The van der Waals surface area contributed by atoms with Crippen molar-refractivity contribution in [2.75, 3.05) is 6.54 Å². The molecule has 0 heterocycles. The summed E-state index contributed by atoms with van der Waals surface area (Å²) < 4.78 is 0. The zero-order valence-corrected chi connectivity index (χ0v) is 10.1. The molecule has 0 unspecified atom stereocenters. The van der Waals surface area contributed by atoms with Gasteiger partial charge < -0.3 is 5.32 Å². The van der Waals surface area contributed by atoms with Crippen LogP contribution in [-0.2, 0) is 0 Å². The second-order valence-electron chi connectivity index (χ2n) is 4.86. The maximum atomic E-state index is 5.56. The highest BCUT2D eigenvalue weighted by Gasteiger charge is 2.07. The quantitative estimate of drug-likeness (QED) is 0.726. The van der Waals surface area contributed by atoms with Gasteiger partial charge in [0.2, 0.25) is 0 Å². The standard InChI is InChI=1S/C14H27N/c1-2-15-14-12-10-8-6-4-3-5-7-9-11-13-14/h1,14-15H,2-13H2. The molecule has 1 aliphatic rings. The molecule has 1 nitrogen and oxygen atoms in total. The first-order valence-corrected chi connectivity index (χ1v) is 6.87. The fourth-order valence-corrected chi connectivity index (χ4v) is 2.53. The monoisotopic (exact) mass is 209 g/mol. The Balaban J connectivity index is 2.19. The molecule has 1 saturated carbocycles. The third kappa shape index (κ3) is 6.94. The van der Waals surface area contributed by atoms with Gasteiger partial charge >= 0.3 is 0 Å². The summed E-state index contributed by atoms with van der Waals surface area (Å²) in [4.78, 5) is 0. The fourth-order valence-electron chi connectivity index (χ4n) is 2.53. The van der Waals surface area contributed by atoms with Gasteiger partial charge in [-0.25, -0.2) is 0 Å². The van der Waals surface area contributed by atoms with E-state index in [4.69, 9.17) is 6.92 Å². The molecular formula is C14H27N. The summed E-state index contributed by atoms with van der Waals surface area (Å²) in [6.07, 6.45) is 15.5. The molecule has 0 bridgehead atoms. The maximum Gasteiger partial charge on any atom is 0.00671 e. The summed E-state index contributed by atoms with van der Waals surface area (Å²) in [6, 6.07) is 0.689. The second-order valence-corrected chi connectivity index (χ2v) is 4.86. The number of rotatable bonds is 2. The summed E-state index contributed by atoms with van der Waals surface area (Å²) in [5, 5.41) is 3.41. The van der Waals surface area contributed by atoms with Crippen molar-refractivity contribution in [2.24, 2.45) is 0 Å². The van der Waals surface area contributed by atoms with Gasteiger partial charge in [-0.15, -0.1) is 0 Å². The highest BCUT2D eigenvalue weighted by Crippen LogP contribution is 2.16.